The topological polar surface area (TPSA) is 94.2 Å². The van der Waals surface area contributed by atoms with Crippen molar-refractivity contribution in [2.24, 2.45) is 5.73 Å². The molecule has 1 aliphatic heterocycles. The number of carbonyl (C=O) groups is 3. The molecule has 124 valence electrons. The molecule has 0 fully saturated rings. The zero-order valence-electron chi connectivity index (χ0n) is 13.4. The van der Waals surface area contributed by atoms with E-state index in [9.17, 15) is 14.4 Å². The number of hydrogen-bond acceptors (Lipinski definition) is 4. The molecule has 2 aromatic carbocycles. The quantitative estimate of drug-likeness (QED) is 0.664. The predicted molar refractivity (Wildman–Crippen MR) is 92.9 cm³/mol. The highest BCUT2D eigenvalue weighted by atomic mass is 16.2. The van der Waals surface area contributed by atoms with Crippen molar-refractivity contribution in [3.8, 4) is 0 Å². The molecule has 0 atom stereocenters. The van der Waals surface area contributed by atoms with Crippen molar-refractivity contribution >= 4 is 39.5 Å². The lowest BCUT2D eigenvalue weighted by Gasteiger charge is -2.11. The summed E-state index contributed by atoms with van der Waals surface area (Å²) in [7, 11) is 0. The first-order chi connectivity index (χ1) is 12.1. The van der Waals surface area contributed by atoms with Crippen LogP contribution < -0.4 is 11.1 Å². The molecule has 0 unspecified atom stereocenters. The number of para-hydroxylation sites is 1. The van der Waals surface area contributed by atoms with Gasteiger partial charge in [0.05, 0.1) is 28.7 Å². The van der Waals surface area contributed by atoms with Crippen LogP contribution in [0.15, 0.2) is 24.3 Å². The van der Waals surface area contributed by atoms with Gasteiger partial charge in [0, 0.05) is 10.8 Å². The highest BCUT2D eigenvalue weighted by Crippen LogP contribution is 2.42. The first-order valence-electron chi connectivity index (χ1n) is 8.33. The Bertz CT molecular complexity index is 1140. The van der Waals surface area contributed by atoms with Crippen molar-refractivity contribution < 1.29 is 14.4 Å². The van der Waals surface area contributed by atoms with Gasteiger partial charge in [-0.2, -0.15) is 0 Å². The fourth-order valence-corrected chi connectivity index (χ4v) is 4.39. The van der Waals surface area contributed by atoms with Gasteiger partial charge in [-0.3, -0.25) is 24.3 Å². The third kappa shape index (κ3) is 1.64. The molecule has 0 saturated heterocycles. The van der Waals surface area contributed by atoms with E-state index in [2.05, 4.69) is 5.32 Å². The minimum absolute atomic E-state index is 0.120. The molecule has 1 aliphatic carbocycles. The Morgan fingerprint density at radius 2 is 1.80 bits per heavy atom. The van der Waals surface area contributed by atoms with Crippen LogP contribution in [0.5, 0.6) is 0 Å². The summed E-state index contributed by atoms with van der Waals surface area (Å²) in [4.78, 5) is 37.5. The Hall–Kier alpha value is -2.99. The molecule has 0 spiro atoms. The molecule has 2 heterocycles. The number of amides is 2. The first-order valence-corrected chi connectivity index (χ1v) is 8.33. The van der Waals surface area contributed by atoms with E-state index in [0.717, 1.165) is 46.8 Å². The molecule has 0 radical (unpaired) electrons. The van der Waals surface area contributed by atoms with Gasteiger partial charge in [0.15, 0.2) is 0 Å². The maximum atomic E-state index is 12.6. The van der Waals surface area contributed by atoms with E-state index in [-0.39, 0.29) is 24.3 Å². The van der Waals surface area contributed by atoms with Crippen molar-refractivity contribution in [2.75, 3.05) is 6.54 Å². The summed E-state index contributed by atoms with van der Waals surface area (Å²) < 4.78 is 1.63. The minimum Gasteiger partial charge on any atom is -0.322 e. The lowest BCUT2D eigenvalue weighted by Crippen LogP contribution is -2.21. The van der Waals surface area contributed by atoms with Crippen LogP contribution in [0.25, 0.3) is 21.8 Å². The summed E-state index contributed by atoms with van der Waals surface area (Å²) in [6.45, 7) is -0.120. The molecular weight excluding hydrogens is 318 g/mol. The molecule has 5 rings (SSSR count). The van der Waals surface area contributed by atoms with Crippen molar-refractivity contribution in [2.45, 2.75) is 19.3 Å². The summed E-state index contributed by atoms with van der Waals surface area (Å²) in [5.74, 6) is -0.935. The van der Waals surface area contributed by atoms with Crippen LogP contribution in [0.1, 0.15) is 43.1 Å². The zero-order chi connectivity index (χ0) is 17.3. The predicted octanol–water partition coefficient (Wildman–Crippen LogP) is 1.77. The third-order valence-corrected chi connectivity index (χ3v) is 5.29. The lowest BCUT2D eigenvalue weighted by molar-refractivity contribution is 0.0877. The van der Waals surface area contributed by atoms with E-state index < -0.39 is 0 Å². The second-order valence-electron chi connectivity index (χ2n) is 6.52. The number of aryl methyl sites for hydroxylation is 1. The molecule has 6 nitrogen and oxygen atoms in total. The van der Waals surface area contributed by atoms with Crippen molar-refractivity contribution in [3.63, 3.8) is 0 Å². The lowest BCUT2D eigenvalue weighted by atomic mass is 9.93. The summed E-state index contributed by atoms with van der Waals surface area (Å²) in [5.41, 5.74) is 9.91. The number of nitrogens with two attached hydrogens (primary N) is 1. The monoisotopic (exact) mass is 333 g/mol. The van der Waals surface area contributed by atoms with Gasteiger partial charge in [-0.05, 0) is 36.5 Å². The van der Waals surface area contributed by atoms with Gasteiger partial charge in [-0.1, -0.05) is 18.2 Å². The molecule has 2 amide bonds. The zero-order valence-corrected chi connectivity index (χ0v) is 13.4. The maximum absolute atomic E-state index is 12.6. The molecule has 2 aliphatic rings. The molecule has 6 heteroatoms. The summed E-state index contributed by atoms with van der Waals surface area (Å²) in [5, 5.41) is 3.92. The van der Waals surface area contributed by atoms with Crippen LogP contribution in [-0.2, 0) is 12.8 Å². The highest BCUT2D eigenvalue weighted by Gasteiger charge is 2.37. The van der Waals surface area contributed by atoms with Gasteiger partial charge in [-0.15, -0.1) is 0 Å². The van der Waals surface area contributed by atoms with Crippen LogP contribution in [0.2, 0.25) is 0 Å². The van der Waals surface area contributed by atoms with E-state index in [4.69, 9.17) is 5.73 Å². The SMILES string of the molecule is NCC(=O)n1c2ccccc2c2c3c(c4c(c21)CCC4)C(=O)NC3=O. The standard InChI is InChI=1S/C19H15N3O3/c20-8-13(23)22-12-7-2-1-4-11(12)14-16-15(18(24)21-19(16)25)9-5-3-6-10(9)17(14)22/h1-2,4,7H,3,5-6,8,20H2,(H,21,24,25). The Kier molecular flexibility index (Phi) is 2.74. The molecule has 3 aromatic rings. The molecule has 25 heavy (non-hydrogen) atoms. The van der Waals surface area contributed by atoms with Gasteiger partial charge in [0.2, 0.25) is 5.91 Å². The van der Waals surface area contributed by atoms with Crippen molar-refractivity contribution in [1.82, 2.24) is 9.88 Å². The normalized spacial score (nSPS) is 15.7. The van der Waals surface area contributed by atoms with E-state index in [1.807, 2.05) is 24.3 Å². The minimum atomic E-state index is -0.386. The smallest absolute Gasteiger partial charge is 0.259 e. The first kappa shape index (κ1) is 14.4. The summed E-state index contributed by atoms with van der Waals surface area (Å²) in [6.07, 6.45) is 2.43. The van der Waals surface area contributed by atoms with Gasteiger partial charge >= 0.3 is 0 Å². The number of hydrogen-bond donors (Lipinski definition) is 2. The number of rotatable bonds is 1. The second-order valence-corrected chi connectivity index (χ2v) is 6.52. The van der Waals surface area contributed by atoms with Gasteiger partial charge in [-0.25, -0.2) is 0 Å². The number of nitrogens with one attached hydrogen (secondary N) is 1. The number of nitrogens with zero attached hydrogens (tertiary/aromatic N) is 1. The Balaban J connectivity index is 2.12. The molecule has 1 aromatic heterocycles. The van der Waals surface area contributed by atoms with Crippen LogP contribution in [-0.4, -0.2) is 28.8 Å². The van der Waals surface area contributed by atoms with Crippen LogP contribution in [0.4, 0.5) is 0 Å². The fourth-order valence-electron chi connectivity index (χ4n) is 4.39. The Morgan fingerprint density at radius 3 is 2.60 bits per heavy atom. The van der Waals surface area contributed by atoms with Crippen molar-refractivity contribution in [3.05, 3.63) is 46.5 Å². The van der Waals surface area contributed by atoms with Crippen LogP contribution in [0.3, 0.4) is 0 Å². The number of benzene rings is 2. The largest absolute Gasteiger partial charge is 0.322 e. The highest BCUT2D eigenvalue weighted by molar-refractivity contribution is 6.32. The van der Waals surface area contributed by atoms with E-state index in [1.165, 1.54) is 0 Å². The molecule has 0 saturated carbocycles. The molecular formula is C19H15N3O3. The van der Waals surface area contributed by atoms with E-state index in [0.29, 0.717) is 16.5 Å². The third-order valence-electron chi connectivity index (χ3n) is 5.29. The average molecular weight is 333 g/mol. The van der Waals surface area contributed by atoms with Gasteiger partial charge in [0.1, 0.15) is 0 Å². The van der Waals surface area contributed by atoms with Crippen LogP contribution in [0, 0.1) is 0 Å². The number of aromatic nitrogens is 1. The number of fused-ring (bicyclic) bond motifs is 8. The summed E-state index contributed by atoms with van der Waals surface area (Å²) in [6, 6.07) is 7.46. The Labute approximate surface area is 142 Å². The fraction of sp³-hybridized carbons (Fsp3) is 0.211. The Morgan fingerprint density at radius 1 is 1.08 bits per heavy atom. The second kappa shape index (κ2) is 4.77. The average Bonchev–Trinajstić information content (AvgIpc) is 3.28. The maximum Gasteiger partial charge on any atom is 0.259 e. The van der Waals surface area contributed by atoms with E-state index >= 15 is 0 Å². The molecule has 0 bridgehead atoms. The molecule has 3 N–H and O–H groups in total. The van der Waals surface area contributed by atoms with Crippen molar-refractivity contribution in [1.29, 1.82) is 0 Å². The van der Waals surface area contributed by atoms with Gasteiger partial charge < -0.3 is 5.73 Å². The number of imide groups is 1. The van der Waals surface area contributed by atoms with Gasteiger partial charge in [0.25, 0.3) is 11.8 Å². The van der Waals surface area contributed by atoms with Crippen LogP contribution >= 0.6 is 0 Å². The van der Waals surface area contributed by atoms with E-state index in [1.54, 1.807) is 4.57 Å². The summed E-state index contributed by atoms with van der Waals surface area (Å²) >= 11 is 0. The number of carbonyl (C=O) groups excluding carboxylic acids is 3.